The number of amides is 2. The molecule has 2 amide bonds. The molecule has 1 saturated heterocycles. The van der Waals surface area contributed by atoms with Crippen molar-refractivity contribution in [2.24, 2.45) is 11.8 Å². The fraction of sp³-hybridized carbons (Fsp3) is 0.333. The van der Waals surface area contributed by atoms with Crippen molar-refractivity contribution < 1.29 is 14.6 Å². The van der Waals surface area contributed by atoms with Gasteiger partial charge in [0, 0.05) is 41.9 Å². The molecule has 5 rings (SSSR count). The van der Waals surface area contributed by atoms with Crippen molar-refractivity contribution in [2.45, 2.75) is 19.3 Å². The highest BCUT2D eigenvalue weighted by Gasteiger charge is 2.38. The van der Waals surface area contributed by atoms with Crippen LogP contribution in [-0.2, 0) is 16.0 Å². The molecule has 2 aliphatic heterocycles. The van der Waals surface area contributed by atoms with Crippen LogP contribution in [0.3, 0.4) is 0 Å². The third-order valence-corrected chi connectivity index (χ3v) is 6.61. The highest BCUT2D eigenvalue weighted by atomic mass is 32.1. The number of carbonyl (C=O) groups is 2. The van der Waals surface area contributed by atoms with Crippen LogP contribution >= 0.6 is 11.3 Å². The Morgan fingerprint density at radius 3 is 3.11 bits per heavy atom. The number of aryl methyl sites for hydroxylation is 1. The van der Waals surface area contributed by atoms with Gasteiger partial charge in [-0.2, -0.15) is 0 Å². The summed E-state index contributed by atoms with van der Waals surface area (Å²) < 4.78 is 0. The van der Waals surface area contributed by atoms with Crippen LogP contribution in [0.5, 0.6) is 0 Å². The van der Waals surface area contributed by atoms with Crippen LogP contribution in [0.25, 0.3) is 11.6 Å². The summed E-state index contributed by atoms with van der Waals surface area (Å²) in [6.45, 7) is 1.59. The maximum absolute atomic E-state index is 12.6. The second-order valence-corrected chi connectivity index (χ2v) is 8.51. The molecule has 28 heavy (non-hydrogen) atoms. The van der Waals surface area contributed by atoms with E-state index in [9.17, 15) is 9.59 Å². The number of anilines is 1. The van der Waals surface area contributed by atoms with Gasteiger partial charge in [0.15, 0.2) is 0 Å². The lowest BCUT2D eigenvalue weighted by molar-refractivity contribution is -0.361. The van der Waals surface area contributed by atoms with Gasteiger partial charge in [-0.25, -0.2) is 20.1 Å². The summed E-state index contributed by atoms with van der Waals surface area (Å²) in [5, 5.41) is 5.96. The predicted octanol–water partition coefficient (Wildman–Crippen LogP) is 2.42. The molecule has 6 nitrogen and oxygen atoms in total. The molecule has 2 N–H and O–H groups in total. The van der Waals surface area contributed by atoms with Crippen molar-refractivity contribution in [1.82, 2.24) is 9.88 Å². The summed E-state index contributed by atoms with van der Waals surface area (Å²) in [7, 11) is 0. The normalized spacial score (nSPS) is 23.5. The third kappa shape index (κ3) is 3.26. The summed E-state index contributed by atoms with van der Waals surface area (Å²) in [5.74, 6) is 1.81. The molecular weight excluding hydrogens is 372 g/mol. The number of nitrogens with one attached hydrogen (secondary N) is 2. The van der Waals surface area contributed by atoms with E-state index in [1.165, 1.54) is 5.57 Å². The van der Waals surface area contributed by atoms with Gasteiger partial charge < -0.3 is 4.90 Å². The van der Waals surface area contributed by atoms with Gasteiger partial charge in [-0.1, -0.05) is 6.08 Å². The lowest BCUT2D eigenvalue weighted by Gasteiger charge is -2.15. The Kier molecular flexibility index (Phi) is 4.31. The lowest BCUT2D eigenvalue weighted by Crippen LogP contribution is -2.27. The minimum Gasteiger partial charge on any atom is -0.338 e. The molecule has 142 valence electrons. The van der Waals surface area contributed by atoms with Crippen LogP contribution in [0.4, 0.5) is 5.82 Å². The molecule has 2 atom stereocenters. The Morgan fingerprint density at radius 2 is 2.29 bits per heavy atom. The maximum atomic E-state index is 12.6. The van der Waals surface area contributed by atoms with Crippen LogP contribution in [0.15, 0.2) is 36.0 Å². The van der Waals surface area contributed by atoms with Crippen molar-refractivity contribution >= 4 is 40.6 Å². The van der Waals surface area contributed by atoms with Gasteiger partial charge in [0.1, 0.15) is 5.01 Å². The standard InChI is InChI=1S/C21H20N4O2S/c26-18-3-2-14-7-13(10-23-20(14)24-18)1-4-19(27)25-11-16-8-15(9-17(16)12-25)21-22-5-6-28-21/h1,4-8,10,16-17H,2-3,9,11-12H2,(H,23,24,26)/p+1/b4-1+. The quantitative estimate of drug-likeness (QED) is 0.814. The zero-order chi connectivity index (χ0) is 19.1. The van der Waals surface area contributed by atoms with Gasteiger partial charge >= 0.3 is 5.91 Å². The molecule has 0 bridgehead atoms. The fourth-order valence-electron chi connectivity index (χ4n) is 4.33. The molecule has 0 radical (unpaired) electrons. The number of pyridine rings is 1. The third-order valence-electron chi connectivity index (χ3n) is 5.76. The van der Waals surface area contributed by atoms with E-state index in [0.717, 1.165) is 47.9 Å². The van der Waals surface area contributed by atoms with Crippen molar-refractivity contribution in [3.8, 4) is 0 Å². The van der Waals surface area contributed by atoms with E-state index in [2.05, 4.69) is 21.4 Å². The number of H-pyrrole nitrogens is 1. The van der Waals surface area contributed by atoms with E-state index in [1.807, 2.05) is 34.8 Å². The molecule has 1 aliphatic carbocycles. The largest absolute Gasteiger partial charge is 0.338 e. The van der Waals surface area contributed by atoms with Crippen molar-refractivity contribution in [2.75, 3.05) is 18.4 Å². The zero-order valence-electron chi connectivity index (χ0n) is 15.4. The second kappa shape index (κ2) is 6.98. The Hall–Kier alpha value is -2.80. The molecule has 0 saturated carbocycles. The number of thiazole rings is 1. The van der Waals surface area contributed by atoms with Gasteiger partial charge in [0.05, 0.1) is 12.6 Å². The number of allylic oxidation sites excluding steroid dienone is 1. The summed E-state index contributed by atoms with van der Waals surface area (Å²) in [6.07, 6.45) is 11.7. The number of hydrogen-bond donors (Lipinski definition) is 1. The minimum absolute atomic E-state index is 0.0360. The molecule has 2 aromatic heterocycles. The van der Waals surface area contributed by atoms with E-state index in [-0.39, 0.29) is 11.8 Å². The fourth-order valence-corrected chi connectivity index (χ4v) is 5.00. The number of rotatable bonds is 3. The van der Waals surface area contributed by atoms with Gasteiger partial charge in [-0.3, -0.25) is 4.79 Å². The van der Waals surface area contributed by atoms with Crippen LogP contribution in [-0.4, -0.2) is 34.8 Å². The smallest absolute Gasteiger partial charge is 0.307 e. The Labute approximate surface area is 167 Å². The molecule has 2 unspecified atom stereocenters. The van der Waals surface area contributed by atoms with Gasteiger partial charge in [0.25, 0.3) is 5.82 Å². The van der Waals surface area contributed by atoms with Crippen molar-refractivity contribution in [3.05, 3.63) is 52.1 Å². The summed E-state index contributed by atoms with van der Waals surface area (Å²) in [4.78, 5) is 33.5. The summed E-state index contributed by atoms with van der Waals surface area (Å²) >= 11 is 1.68. The van der Waals surface area contributed by atoms with Gasteiger partial charge in [-0.05, 0) is 42.4 Å². The number of likely N-dealkylation sites (tertiary alicyclic amines) is 1. The Morgan fingerprint density at radius 1 is 1.36 bits per heavy atom. The highest BCUT2D eigenvalue weighted by molar-refractivity contribution is 7.10. The Bertz CT molecular complexity index is 996. The molecule has 7 heteroatoms. The number of aromatic nitrogens is 2. The number of hydrogen-bond acceptors (Lipinski definition) is 4. The minimum atomic E-state index is 0.0360. The van der Waals surface area contributed by atoms with Crippen molar-refractivity contribution in [3.63, 3.8) is 0 Å². The number of nitrogens with zero attached hydrogens (tertiary/aromatic N) is 2. The first-order valence-electron chi connectivity index (χ1n) is 9.58. The Balaban J connectivity index is 1.23. The first-order valence-corrected chi connectivity index (χ1v) is 10.5. The topological polar surface area (TPSA) is 76.4 Å². The molecule has 0 spiro atoms. The number of aromatic amines is 1. The van der Waals surface area contributed by atoms with E-state index >= 15 is 0 Å². The van der Waals surface area contributed by atoms with Gasteiger partial charge in [-0.15, -0.1) is 11.3 Å². The monoisotopic (exact) mass is 393 g/mol. The van der Waals surface area contributed by atoms with Crippen LogP contribution in [0, 0.1) is 11.8 Å². The van der Waals surface area contributed by atoms with E-state index in [0.29, 0.717) is 18.3 Å². The molecular formula is C21H21N4O2S+. The SMILES string of the molecule is O=C1CCc2cc(/C=C/C(=O)N3CC4C=C(c5nccs5)CC4C3)c[nH+]c2N1. The van der Waals surface area contributed by atoms with E-state index in [1.54, 1.807) is 17.4 Å². The van der Waals surface area contributed by atoms with Crippen LogP contribution in [0.1, 0.15) is 29.0 Å². The summed E-state index contributed by atoms with van der Waals surface area (Å²) in [5.41, 5.74) is 3.35. The highest BCUT2D eigenvalue weighted by Crippen LogP contribution is 2.41. The zero-order valence-corrected chi connectivity index (χ0v) is 16.2. The molecule has 0 aromatic carbocycles. The summed E-state index contributed by atoms with van der Waals surface area (Å²) in [6, 6.07) is 2.02. The molecule has 4 heterocycles. The van der Waals surface area contributed by atoms with Crippen LogP contribution < -0.4 is 10.3 Å². The average molecular weight is 393 g/mol. The first kappa shape index (κ1) is 17.3. The van der Waals surface area contributed by atoms with E-state index < -0.39 is 0 Å². The lowest BCUT2D eigenvalue weighted by atomic mass is 10.00. The van der Waals surface area contributed by atoms with E-state index in [4.69, 9.17) is 0 Å². The maximum Gasteiger partial charge on any atom is 0.307 e. The first-order chi connectivity index (χ1) is 13.7. The van der Waals surface area contributed by atoms with Crippen LogP contribution in [0.2, 0.25) is 0 Å². The second-order valence-electron chi connectivity index (χ2n) is 7.62. The predicted molar refractivity (Wildman–Crippen MR) is 107 cm³/mol. The number of carbonyl (C=O) groups excluding carboxylic acids is 2. The number of fused-ring (bicyclic) bond motifs is 2. The van der Waals surface area contributed by atoms with Crippen molar-refractivity contribution in [1.29, 1.82) is 0 Å². The molecule has 2 aromatic rings. The molecule has 3 aliphatic rings. The average Bonchev–Trinajstić information content (AvgIpc) is 3.41. The van der Waals surface area contributed by atoms with Gasteiger partial charge in [0.2, 0.25) is 5.91 Å². The molecule has 1 fully saturated rings.